The van der Waals surface area contributed by atoms with Crippen molar-refractivity contribution in [1.29, 1.82) is 0 Å². The Labute approximate surface area is 174 Å². The minimum absolute atomic E-state index is 0.249. The third-order valence-electron chi connectivity index (χ3n) is 4.94. The molecule has 0 radical (unpaired) electrons. The molecule has 4 heteroatoms. The maximum absolute atomic E-state index is 13.3. The number of rotatable bonds is 12. The molecule has 0 unspecified atom stereocenters. The second-order valence-electron chi connectivity index (χ2n) is 7.39. The smallest absolute Gasteiger partial charge is 0.324 e. The van der Waals surface area contributed by atoms with Gasteiger partial charge in [-0.2, -0.15) is 0 Å². The molecule has 0 amide bonds. The van der Waals surface area contributed by atoms with Crippen molar-refractivity contribution < 1.29 is 19.1 Å². The molecule has 0 fully saturated rings. The van der Waals surface area contributed by atoms with E-state index in [0.29, 0.717) is 13.2 Å². The molecular weight excluding hydrogens is 364 g/mol. The van der Waals surface area contributed by atoms with Crippen molar-refractivity contribution >= 4 is 11.9 Å². The number of ether oxygens (including phenoxy) is 2. The molecule has 0 bridgehead atoms. The fourth-order valence-electron chi connectivity index (χ4n) is 3.22. The van der Waals surface area contributed by atoms with Crippen molar-refractivity contribution in [3.05, 3.63) is 71.8 Å². The molecular formula is C25H32O4. The average molecular weight is 397 g/mol. The van der Waals surface area contributed by atoms with E-state index in [2.05, 4.69) is 0 Å². The van der Waals surface area contributed by atoms with Gasteiger partial charge >= 0.3 is 11.9 Å². The molecule has 0 saturated carbocycles. The summed E-state index contributed by atoms with van der Waals surface area (Å²) in [6, 6.07) is 19.2. The van der Waals surface area contributed by atoms with E-state index >= 15 is 0 Å². The lowest BCUT2D eigenvalue weighted by Crippen LogP contribution is -2.46. The lowest BCUT2D eigenvalue weighted by molar-refractivity contribution is -0.172. The van der Waals surface area contributed by atoms with Crippen LogP contribution in [-0.4, -0.2) is 25.2 Å². The molecule has 2 aromatic rings. The van der Waals surface area contributed by atoms with Crippen LogP contribution in [0.25, 0.3) is 0 Å². The Morgan fingerprint density at radius 1 is 0.690 bits per heavy atom. The molecule has 0 saturated heterocycles. The number of carbonyl (C=O) groups is 2. The van der Waals surface area contributed by atoms with Crippen molar-refractivity contribution in [3.63, 3.8) is 0 Å². The van der Waals surface area contributed by atoms with Crippen molar-refractivity contribution in [2.45, 2.75) is 52.4 Å². The van der Waals surface area contributed by atoms with Gasteiger partial charge in [0.1, 0.15) is 0 Å². The number of carbonyl (C=O) groups excluding carboxylic acids is 2. The highest BCUT2D eigenvalue weighted by Gasteiger charge is 2.49. The molecule has 0 heterocycles. The van der Waals surface area contributed by atoms with Crippen molar-refractivity contribution in [2.24, 2.45) is 5.41 Å². The van der Waals surface area contributed by atoms with Crippen LogP contribution in [0.2, 0.25) is 0 Å². The van der Waals surface area contributed by atoms with Crippen LogP contribution in [-0.2, 0) is 31.9 Å². The SMILES string of the molecule is CCCCOC(=O)C(Cc1ccccc1)(Cc1ccccc1)C(=O)OCCCC. The maximum Gasteiger partial charge on any atom is 0.324 e. The topological polar surface area (TPSA) is 52.6 Å². The molecule has 4 nitrogen and oxygen atoms in total. The number of unbranched alkanes of at least 4 members (excludes halogenated alkanes) is 2. The molecule has 2 rings (SSSR count). The Hall–Kier alpha value is -2.62. The quantitative estimate of drug-likeness (QED) is 0.283. The summed E-state index contributed by atoms with van der Waals surface area (Å²) in [4.78, 5) is 26.6. The predicted octanol–water partition coefficient (Wildman–Crippen LogP) is 5.14. The maximum atomic E-state index is 13.3. The number of esters is 2. The molecule has 0 spiro atoms. The van der Waals surface area contributed by atoms with Crippen LogP contribution in [0, 0.1) is 5.41 Å². The van der Waals surface area contributed by atoms with E-state index < -0.39 is 17.4 Å². The largest absolute Gasteiger partial charge is 0.465 e. The summed E-state index contributed by atoms with van der Waals surface area (Å²) < 4.78 is 11.2. The Morgan fingerprint density at radius 3 is 1.41 bits per heavy atom. The van der Waals surface area contributed by atoms with Gasteiger partial charge in [0.05, 0.1) is 13.2 Å². The van der Waals surface area contributed by atoms with E-state index in [4.69, 9.17) is 9.47 Å². The Balaban J connectivity index is 2.40. The molecule has 0 atom stereocenters. The van der Waals surface area contributed by atoms with Gasteiger partial charge in [-0.25, -0.2) is 0 Å². The van der Waals surface area contributed by atoms with Crippen molar-refractivity contribution in [2.75, 3.05) is 13.2 Å². The normalized spacial score (nSPS) is 11.1. The Bertz CT molecular complexity index is 674. The summed E-state index contributed by atoms with van der Waals surface area (Å²) in [6.45, 7) is 4.69. The van der Waals surface area contributed by atoms with Gasteiger partial charge < -0.3 is 9.47 Å². The van der Waals surface area contributed by atoms with Crippen molar-refractivity contribution in [1.82, 2.24) is 0 Å². The number of hydrogen-bond donors (Lipinski definition) is 0. The zero-order chi connectivity index (χ0) is 21.0. The first kappa shape index (κ1) is 22.7. The first-order valence-corrected chi connectivity index (χ1v) is 10.5. The summed E-state index contributed by atoms with van der Waals surface area (Å²) in [5.74, 6) is -1.000. The Morgan fingerprint density at radius 2 is 1.07 bits per heavy atom. The second-order valence-corrected chi connectivity index (χ2v) is 7.39. The third-order valence-corrected chi connectivity index (χ3v) is 4.94. The summed E-state index contributed by atoms with van der Waals surface area (Å²) >= 11 is 0. The molecule has 0 aromatic heterocycles. The van der Waals surface area contributed by atoms with Crippen LogP contribution in [0.5, 0.6) is 0 Å². The molecule has 0 aliphatic carbocycles. The molecule has 2 aromatic carbocycles. The van der Waals surface area contributed by atoms with E-state index in [1.54, 1.807) is 0 Å². The highest BCUT2D eigenvalue weighted by Crippen LogP contribution is 2.32. The van der Waals surface area contributed by atoms with E-state index in [1.807, 2.05) is 74.5 Å². The molecule has 0 aliphatic heterocycles. The minimum atomic E-state index is -1.40. The first-order valence-electron chi connectivity index (χ1n) is 10.5. The van der Waals surface area contributed by atoms with Crippen molar-refractivity contribution in [3.8, 4) is 0 Å². The van der Waals surface area contributed by atoms with Gasteiger partial charge in [0, 0.05) is 0 Å². The van der Waals surface area contributed by atoms with Crippen LogP contribution in [0.1, 0.15) is 50.7 Å². The van der Waals surface area contributed by atoms with Crippen LogP contribution < -0.4 is 0 Å². The van der Waals surface area contributed by atoms with Crippen LogP contribution in [0.4, 0.5) is 0 Å². The lowest BCUT2D eigenvalue weighted by atomic mass is 9.76. The van der Waals surface area contributed by atoms with Gasteiger partial charge in [-0.1, -0.05) is 87.4 Å². The van der Waals surface area contributed by atoms with Crippen LogP contribution >= 0.6 is 0 Å². The minimum Gasteiger partial charge on any atom is -0.465 e. The standard InChI is InChI=1S/C25H32O4/c1-3-5-17-28-23(26)25(24(27)29-18-6-4-2,19-21-13-9-7-10-14-21)20-22-15-11-8-12-16-22/h7-16H,3-6,17-20H2,1-2H3. The third kappa shape index (κ3) is 6.74. The summed E-state index contributed by atoms with van der Waals surface area (Å²) in [7, 11) is 0. The summed E-state index contributed by atoms with van der Waals surface area (Å²) in [5.41, 5.74) is 0.413. The van der Waals surface area contributed by atoms with Gasteiger partial charge in [0.2, 0.25) is 0 Å². The zero-order valence-electron chi connectivity index (χ0n) is 17.6. The lowest BCUT2D eigenvalue weighted by Gasteiger charge is -2.30. The van der Waals surface area contributed by atoms with Crippen LogP contribution in [0.15, 0.2) is 60.7 Å². The number of hydrogen-bond acceptors (Lipinski definition) is 4. The highest BCUT2D eigenvalue weighted by molar-refractivity contribution is 6.00. The van der Waals surface area contributed by atoms with Gasteiger partial charge in [-0.3, -0.25) is 9.59 Å². The summed E-state index contributed by atoms with van der Waals surface area (Å²) in [6.07, 6.45) is 3.86. The van der Waals surface area contributed by atoms with E-state index in [0.717, 1.165) is 36.8 Å². The fourth-order valence-corrected chi connectivity index (χ4v) is 3.22. The monoisotopic (exact) mass is 396 g/mol. The average Bonchev–Trinajstić information content (AvgIpc) is 2.75. The second kappa shape index (κ2) is 12.1. The first-order chi connectivity index (χ1) is 14.1. The van der Waals surface area contributed by atoms with E-state index in [-0.39, 0.29) is 12.8 Å². The molecule has 0 aliphatic rings. The zero-order valence-corrected chi connectivity index (χ0v) is 17.6. The van der Waals surface area contributed by atoms with E-state index in [1.165, 1.54) is 0 Å². The molecule has 0 N–H and O–H groups in total. The van der Waals surface area contributed by atoms with Gasteiger partial charge in [0.15, 0.2) is 5.41 Å². The fraction of sp³-hybridized carbons (Fsp3) is 0.440. The van der Waals surface area contributed by atoms with E-state index in [9.17, 15) is 9.59 Å². The van der Waals surface area contributed by atoms with Crippen LogP contribution in [0.3, 0.4) is 0 Å². The highest BCUT2D eigenvalue weighted by atomic mass is 16.6. The van der Waals surface area contributed by atoms with Gasteiger partial charge in [-0.15, -0.1) is 0 Å². The summed E-state index contributed by atoms with van der Waals surface area (Å²) in [5, 5.41) is 0. The Kier molecular flexibility index (Phi) is 9.42. The molecule has 156 valence electrons. The van der Waals surface area contributed by atoms with Gasteiger partial charge in [-0.05, 0) is 36.8 Å². The predicted molar refractivity (Wildman–Crippen MR) is 114 cm³/mol. The molecule has 29 heavy (non-hydrogen) atoms. The number of benzene rings is 2. The van der Waals surface area contributed by atoms with Gasteiger partial charge in [0.25, 0.3) is 0 Å².